The molecule has 3 fully saturated rings. The number of rotatable bonds is 1. The van der Waals surface area contributed by atoms with Crippen LogP contribution in [-0.2, 0) is 4.79 Å². The van der Waals surface area contributed by atoms with Gasteiger partial charge in [0.1, 0.15) is 5.60 Å². The molecule has 0 heterocycles. The summed E-state index contributed by atoms with van der Waals surface area (Å²) in [5.74, 6) is 0.00507. The second-order valence-electron chi connectivity index (χ2n) is 9.69. The molecule has 0 aromatic carbocycles. The Hall–Kier alpha value is -0.710. The van der Waals surface area contributed by atoms with Gasteiger partial charge in [-0.05, 0) is 56.8 Å². The van der Waals surface area contributed by atoms with E-state index in [2.05, 4.69) is 13.0 Å². The topological polar surface area (TPSA) is 77.8 Å². The predicted octanol–water partition coefficient (Wildman–Crippen LogP) is 2.60. The zero-order valence-corrected chi connectivity index (χ0v) is 15.7. The summed E-state index contributed by atoms with van der Waals surface area (Å²) in [6.07, 6.45) is 6.64. The molecule has 4 rings (SSSR count). The fraction of sp³-hybridized carbons (Fsp3) is 0.857. The van der Waals surface area contributed by atoms with E-state index in [1.54, 1.807) is 6.92 Å². The van der Waals surface area contributed by atoms with Gasteiger partial charge in [-0.1, -0.05) is 25.5 Å². The summed E-state index contributed by atoms with van der Waals surface area (Å²) in [6.45, 7) is 6.06. The van der Waals surface area contributed by atoms with Gasteiger partial charge in [0.05, 0.1) is 12.2 Å². The number of carbonyl (C=O) groups is 1. The fourth-order valence-corrected chi connectivity index (χ4v) is 7.16. The molecule has 0 amide bonds. The van der Waals surface area contributed by atoms with E-state index in [0.717, 1.165) is 32.1 Å². The molecular formula is C21H32O4. The molecule has 0 aromatic heterocycles. The van der Waals surface area contributed by atoms with Gasteiger partial charge in [-0.25, -0.2) is 0 Å². The lowest BCUT2D eigenvalue weighted by Crippen LogP contribution is -2.63. The van der Waals surface area contributed by atoms with E-state index < -0.39 is 17.1 Å². The van der Waals surface area contributed by atoms with E-state index in [1.165, 1.54) is 5.57 Å². The van der Waals surface area contributed by atoms with Crippen LogP contribution in [0.4, 0.5) is 0 Å². The standard InChI is InChI=1S/C21H32O4/c1-12(22)17-11-18(24)21(25)16-5-4-13-10-14(23)6-8-19(13,2)15(16)7-9-20(17,21)3/h4,12,14-17,22-23,25H,5-11H2,1-3H3/t12?,14-,15-,16+,17+,19-,20+,21+/m0/s1. The van der Waals surface area contributed by atoms with Crippen molar-refractivity contribution in [2.75, 3.05) is 0 Å². The van der Waals surface area contributed by atoms with Gasteiger partial charge in [-0.3, -0.25) is 4.79 Å². The van der Waals surface area contributed by atoms with Crippen LogP contribution in [0.25, 0.3) is 0 Å². The molecule has 25 heavy (non-hydrogen) atoms. The third-order valence-corrected chi connectivity index (χ3v) is 8.72. The minimum atomic E-state index is -1.32. The van der Waals surface area contributed by atoms with Crippen molar-refractivity contribution < 1.29 is 20.1 Å². The summed E-state index contributed by atoms with van der Waals surface area (Å²) in [5, 5.41) is 32.1. The lowest BCUT2D eigenvalue weighted by Gasteiger charge is -2.60. The van der Waals surface area contributed by atoms with Crippen LogP contribution < -0.4 is 0 Å². The number of aliphatic hydroxyl groups excluding tert-OH is 2. The molecule has 140 valence electrons. The number of allylic oxidation sites excluding steroid dienone is 1. The zero-order valence-electron chi connectivity index (χ0n) is 15.7. The van der Waals surface area contributed by atoms with Gasteiger partial charge in [0.2, 0.25) is 0 Å². The molecule has 0 aliphatic heterocycles. The molecule has 0 aromatic rings. The molecule has 0 saturated heterocycles. The highest BCUT2D eigenvalue weighted by molar-refractivity contribution is 5.92. The van der Waals surface area contributed by atoms with Crippen molar-refractivity contribution >= 4 is 5.78 Å². The Morgan fingerprint density at radius 3 is 2.56 bits per heavy atom. The van der Waals surface area contributed by atoms with Gasteiger partial charge in [0.15, 0.2) is 5.78 Å². The Balaban J connectivity index is 1.76. The minimum absolute atomic E-state index is 0.0115. The van der Waals surface area contributed by atoms with Crippen LogP contribution in [-0.4, -0.2) is 38.9 Å². The fourth-order valence-electron chi connectivity index (χ4n) is 7.16. The summed E-state index contributed by atoms with van der Waals surface area (Å²) in [4.78, 5) is 13.0. The van der Waals surface area contributed by atoms with E-state index in [-0.39, 0.29) is 35.1 Å². The Morgan fingerprint density at radius 2 is 1.88 bits per heavy atom. The van der Waals surface area contributed by atoms with E-state index in [0.29, 0.717) is 12.8 Å². The molecular weight excluding hydrogens is 316 g/mol. The summed E-state index contributed by atoms with van der Waals surface area (Å²) in [7, 11) is 0. The number of carbonyl (C=O) groups excluding carboxylic acids is 1. The highest BCUT2D eigenvalue weighted by Gasteiger charge is 2.70. The molecule has 4 heteroatoms. The van der Waals surface area contributed by atoms with Crippen molar-refractivity contribution in [2.45, 2.75) is 83.5 Å². The van der Waals surface area contributed by atoms with Crippen LogP contribution in [0.5, 0.6) is 0 Å². The first-order valence-electron chi connectivity index (χ1n) is 9.96. The smallest absolute Gasteiger partial charge is 0.165 e. The number of hydrogen-bond acceptors (Lipinski definition) is 4. The van der Waals surface area contributed by atoms with Gasteiger partial charge in [-0.15, -0.1) is 0 Å². The maximum atomic E-state index is 13.0. The number of hydrogen-bond donors (Lipinski definition) is 3. The summed E-state index contributed by atoms with van der Waals surface area (Å²) < 4.78 is 0. The first kappa shape index (κ1) is 17.7. The molecule has 4 nitrogen and oxygen atoms in total. The van der Waals surface area contributed by atoms with Crippen LogP contribution in [0.1, 0.15) is 65.7 Å². The normalized spacial score (nSPS) is 53.5. The first-order chi connectivity index (χ1) is 11.6. The first-order valence-corrected chi connectivity index (χ1v) is 9.96. The quantitative estimate of drug-likeness (QED) is 0.637. The number of Topliss-reactive ketones (excluding diaryl/α,β-unsaturated/α-hetero) is 1. The van der Waals surface area contributed by atoms with Gasteiger partial charge >= 0.3 is 0 Å². The largest absolute Gasteiger partial charge is 0.393 e. The molecule has 3 saturated carbocycles. The molecule has 0 spiro atoms. The number of ketones is 1. The van der Waals surface area contributed by atoms with E-state index in [9.17, 15) is 20.1 Å². The average Bonchev–Trinajstić information content (AvgIpc) is 2.76. The zero-order chi connectivity index (χ0) is 18.2. The summed E-state index contributed by atoms with van der Waals surface area (Å²) in [5.41, 5.74) is -0.534. The summed E-state index contributed by atoms with van der Waals surface area (Å²) >= 11 is 0. The lowest BCUT2D eigenvalue weighted by atomic mass is 9.45. The summed E-state index contributed by atoms with van der Waals surface area (Å²) in [6, 6.07) is 0. The van der Waals surface area contributed by atoms with E-state index in [1.807, 2.05) is 6.92 Å². The predicted molar refractivity (Wildman–Crippen MR) is 94.7 cm³/mol. The SMILES string of the molecule is CC(O)[C@H]1CC(=O)[C@]2(O)[C@@H]3CC=C4C[C@@H](O)CC[C@]4(C)[C@H]3CC[C@]12C. The highest BCUT2D eigenvalue weighted by atomic mass is 16.3. The van der Waals surface area contributed by atoms with Crippen molar-refractivity contribution in [3.8, 4) is 0 Å². The third kappa shape index (κ3) is 2.08. The molecule has 4 aliphatic rings. The second-order valence-corrected chi connectivity index (χ2v) is 9.69. The van der Waals surface area contributed by atoms with Gasteiger partial charge in [-0.2, -0.15) is 0 Å². The molecule has 4 aliphatic carbocycles. The maximum absolute atomic E-state index is 13.0. The van der Waals surface area contributed by atoms with Crippen LogP contribution in [0.15, 0.2) is 11.6 Å². The monoisotopic (exact) mass is 348 g/mol. The van der Waals surface area contributed by atoms with Crippen LogP contribution >= 0.6 is 0 Å². The Kier molecular flexibility index (Phi) is 3.82. The van der Waals surface area contributed by atoms with Gasteiger partial charge in [0, 0.05) is 23.7 Å². The van der Waals surface area contributed by atoms with Crippen molar-refractivity contribution in [3.05, 3.63) is 11.6 Å². The Bertz CT molecular complexity index is 625. The van der Waals surface area contributed by atoms with Crippen molar-refractivity contribution in [2.24, 2.45) is 28.6 Å². The molecule has 0 radical (unpaired) electrons. The third-order valence-electron chi connectivity index (χ3n) is 8.72. The molecule has 0 bridgehead atoms. The van der Waals surface area contributed by atoms with Crippen LogP contribution in [0, 0.1) is 28.6 Å². The second kappa shape index (κ2) is 5.40. The molecule has 3 N–H and O–H groups in total. The van der Waals surface area contributed by atoms with E-state index >= 15 is 0 Å². The van der Waals surface area contributed by atoms with Gasteiger partial charge in [0.25, 0.3) is 0 Å². The van der Waals surface area contributed by atoms with Crippen molar-refractivity contribution in [1.29, 1.82) is 0 Å². The van der Waals surface area contributed by atoms with Crippen molar-refractivity contribution in [1.82, 2.24) is 0 Å². The Labute approximate surface area is 150 Å². The molecule has 1 unspecified atom stereocenters. The highest BCUT2D eigenvalue weighted by Crippen LogP contribution is 2.67. The maximum Gasteiger partial charge on any atom is 0.165 e. The number of fused-ring (bicyclic) bond motifs is 5. The average molecular weight is 348 g/mol. The Morgan fingerprint density at radius 1 is 1.16 bits per heavy atom. The number of aliphatic hydroxyl groups is 3. The lowest BCUT2D eigenvalue weighted by molar-refractivity contribution is -0.190. The van der Waals surface area contributed by atoms with Gasteiger partial charge < -0.3 is 15.3 Å². The van der Waals surface area contributed by atoms with Crippen LogP contribution in [0.3, 0.4) is 0 Å². The van der Waals surface area contributed by atoms with Crippen LogP contribution in [0.2, 0.25) is 0 Å². The minimum Gasteiger partial charge on any atom is -0.393 e. The van der Waals surface area contributed by atoms with Crippen molar-refractivity contribution in [3.63, 3.8) is 0 Å². The molecule has 8 atom stereocenters. The van der Waals surface area contributed by atoms with E-state index in [4.69, 9.17) is 0 Å².